The van der Waals surface area contributed by atoms with Crippen molar-refractivity contribution in [3.05, 3.63) is 95.1 Å². The Bertz CT molecular complexity index is 1230. The van der Waals surface area contributed by atoms with Gasteiger partial charge in [-0.05, 0) is 41.8 Å². The minimum atomic E-state index is -0.808. The smallest absolute Gasteiger partial charge is 0.295 e. The maximum absolute atomic E-state index is 13.1. The van der Waals surface area contributed by atoms with Crippen molar-refractivity contribution in [3.8, 4) is 17.2 Å². The molecular formula is C27H25NO6. The van der Waals surface area contributed by atoms with Crippen LogP contribution >= 0.6 is 0 Å². The third kappa shape index (κ3) is 4.32. The largest absolute Gasteiger partial charge is 0.508 e. The Hall–Kier alpha value is -4.26. The Morgan fingerprint density at radius 3 is 2.24 bits per heavy atom. The summed E-state index contributed by atoms with van der Waals surface area (Å²) in [6.45, 7) is 0.236. The van der Waals surface area contributed by atoms with E-state index in [1.165, 1.54) is 19.1 Å². The molecule has 0 aromatic heterocycles. The number of phenols is 1. The van der Waals surface area contributed by atoms with Crippen molar-refractivity contribution in [2.45, 2.75) is 12.5 Å². The predicted octanol–water partition coefficient (Wildman–Crippen LogP) is 4.07. The fraction of sp³-hybridized carbons (Fsp3) is 0.185. The van der Waals surface area contributed by atoms with Crippen LogP contribution in [0.4, 0.5) is 0 Å². The summed E-state index contributed by atoms with van der Waals surface area (Å²) in [5, 5.41) is 20.6. The fourth-order valence-corrected chi connectivity index (χ4v) is 4.14. The number of ether oxygens (including phenoxy) is 2. The van der Waals surface area contributed by atoms with E-state index in [1.54, 1.807) is 72.8 Å². The maximum Gasteiger partial charge on any atom is 0.295 e. The number of aliphatic hydroxyl groups is 1. The number of methoxy groups -OCH3 is 2. The van der Waals surface area contributed by atoms with E-state index in [0.29, 0.717) is 29.0 Å². The van der Waals surface area contributed by atoms with Gasteiger partial charge in [0.2, 0.25) is 0 Å². The number of carbonyl (C=O) groups is 2. The van der Waals surface area contributed by atoms with Gasteiger partial charge in [0, 0.05) is 12.1 Å². The normalized spacial score (nSPS) is 17.1. The Morgan fingerprint density at radius 2 is 1.59 bits per heavy atom. The number of phenolic OH excluding ortho intramolecular Hbond substituents is 1. The lowest BCUT2D eigenvalue weighted by Crippen LogP contribution is -2.31. The molecule has 1 fully saturated rings. The zero-order valence-corrected chi connectivity index (χ0v) is 18.9. The summed E-state index contributed by atoms with van der Waals surface area (Å²) in [4.78, 5) is 27.7. The first kappa shape index (κ1) is 22.9. The Morgan fingerprint density at radius 1 is 0.912 bits per heavy atom. The molecule has 1 aliphatic heterocycles. The van der Waals surface area contributed by atoms with Gasteiger partial charge in [-0.15, -0.1) is 0 Å². The van der Waals surface area contributed by atoms with Crippen LogP contribution in [0.1, 0.15) is 22.7 Å². The van der Waals surface area contributed by atoms with E-state index < -0.39 is 17.7 Å². The number of ketones is 1. The second-order valence-corrected chi connectivity index (χ2v) is 7.89. The molecule has 0 aliphatic carbocycles. The van der Waals surface area contributed by atoms with Gasteiger partial charge in [0.15, 0.2) is 11.5 Å². The Labute approximate surface area is 197 Å². The minimum absolute atomic E-state index is 0.0223. The van der Waals surface area contributed by atoms with Crippen LogP contribution in [0.2, 0.25) is 0 Å². The van der Waals surface area contributed by atoms with Crippen molar-refractivity contribution in [2.24, 2.45) is 0 Å². The van der Waals surface area contributed by atoms with E-state index >= 15 is 0 Å². The molecule has 2 N–H and O–H groups in total. The predicted molar refractivity (Wildman–Crippen MR) is 127 cm³/mol. The molecule has 7 nitrogen and oxygen atoms in total. The number of Topliss-reactive ketones (excluding diaryl/α,β-unsaturated/α-hetero) is 1. The van der Waals surface area contributed by atoms with Gasteiger partial charge in [-0.2, -0.15) is 0 Å². The Kier molecular flexibility index (Phi) is 6.54. The number of aromatic hydroxyl groups is 1. The molecule has 1 unspecified atom stereocenters. The number of likely N-dealkylation sites (tertiary alicyclic amines) is 1. The molecule has 1 amide bonds. The minimum Gasteiger partial charge on any atom is -0.508 e. The van der Waals surface area contributed by atoms with Gasteiger partial charge < -0.3 is 24.6 Å². The number of hydrogen-bond donors (Lipinski definition) is 2. The van der Waals surface area contributed by atoms with Crippen LogP contribution in [0.3, 0.4) is 0 Å². The molecule has 3 aromatic rings. The van der Waals surface area contributed by atoms with Crippen LogP contribution in [0, 0.1) is 0 Å². The van der Waals surface area contributed by atoms with E-state index in [9.17, 15) is 19.8 Å². The van der Waals surface area contributed by atoms with Crippen molar-refractivity contribution >= 4 is 17.4 Å². The van der Waals surface area contributed by atoms with Crippen LogP contribution in [0.25, 0.3) is 5.76 Å². The van der Waals surface area contributed by atoms with Crippen LogP contribution in [0.5, 0.6) is 17.2 Å². The number of hydrogen-bond acceptors (Lipinski definition) is 6. The third-order valence-corrected chi connectivity index (χ3v) is 5.89. The molecule has 34 heavy (non-hydrogen) atoms. The van der Waals surface area contributed by atoms with Crippen LogP contribution in [0.15, 0.2) is 78.4 Å². The van der Waals surface area contributed by atoms with Crippen molar-refractivity contribution < 1.29 is 29.3 Å². The SMILES string of the molecule is COc1ccc(C2/C(=C(\O)c3ccccc3)C(=O)C(=O)N2CCc2ccc(O)cc2)cc1OC. The van der Waals surface area contributed by atoms with E-state index in [1.807, 2.05) is 0 Å². The number of rotatable bonds is 7. The summed E-state index contributed by atoms with van der Waals surface area (Å²) in [6.07, 6.45) is 0.461. The molecule has 0 saturated carbocycles. The average molecular weight is 459 g/mol. The van der Waals surface area contributed by atoms with Crippen molar-refractivity contribution in [3.63, 3.8) is 0 Å². The van der Waals surface area contributed by atoms with Gasteiger partial charge in [0.05, 0.1) is 25.8 Å². The van der Waals surface area contributed by atoms with Crippen molar-refractivity contribution in [1.29, 1.82) is 0 Å². The Balaban J connectivity index is 1.80. The van der Waals surface area contributed by atoms with Gasteiger partial charge in [-0.1, -0.05) is 48.5 Å². The first-order chi connectivity index (χ1) is 16.4. The molecule has 1 heterocycles. The van der Waals surface area contributed by atoms with E-state index in [2.05, 4.69) is 0 Å². The molecule has 0 spiro atoms. The highest BCUT2D eigenvalue weighted by molar-refractivity contribution is 6.46. The summed E-state index contributed by atoms with van der Waals surface area (Å²) < 4.78 is 10.8. The number of nitrogens with zero attached hydrogens (tertiary/aromatic N) is 1. The zero-order valence-electron chi connectivity index (χ0n) is 18.9. The molecule has 0 radical (unpaired) electrons. The highest BCUT2D eigenvalue weighted by Crippen LogP contribution is 2.42. The zero-order chi connectivity index (χ0) is 24.2. The van der Waals surface area contributed by atoms with E-state index in [0.717, 1.165) is 5.56 Å². The number of carbonyl (C=O) groups excluding carboxylic acids is 2. The summed E-state index contributed by atoms with van der Waals surface area (Å²) in [5.41, 5.74) is 1.98. The van der Waals surface area contributed by atoms with E-state index in [4.69, 9.17) is 9.47 Å². The lowest BCUT2D eigenvalue weighted by atomic mass is 9.95. The number of amides is 1. The molecule has 1 aliphatic rings. The van der Waals surface area contributed by atoms with Gasteiger partial charge in [-0.25, -0.2) is 0 Å². The molecule has 174 valence electrons. The topological polar surface area (TPSA) is 96.3 Å². The second-order valence-electron chi connectivity index (χ2n) is 7.89. The summed E-state index contributed by atoms with van der Waals surface area (Å²) in [6, 6.07) is 19.7. The van der Waals surface area contributed by atoms with Gasteiger partial charge in [0.25, 0.3) is 11.7 Å². The lowest BCUT2D eigenvalue weighted by molar-refractivity contribution is -0.139. The van der Waals surface area contributed by atoms with Gasteiger partial charge in [0.1, 0.15) is 11.5 Å². The van der Waals surface area contributed by atoms with Gasteiger partial charge >= 0.3 is 0 Å². The molecule has 4 rings (SSSR count). The van der Waals surface area contributed by atoms with Crippen molar-refractivity contribution in [1.82, 2.24) is 4.90 Å². The summed E-state index contributed by atoms with van der Waals surface area (Å²) >= 11 is 0. The lowest BCUT2D eigenvalue weighted by Gasteiger charge is -2.26. The fourth-order valence-electron chi connectivity index (χ4n) is 4.14. The monoisotopic (exact) mass is 459 g/mol. The quantitative estimate of drug-likeness (QED) is 0.314. The van der Waals surface area contributed by atoms with Gasteiger partial charge in [-0.3, -0.25) is 9.59 Å². The summed E-state index contributed by atoms with van der Waals surface area (Å²) in [5.74, 6) is -0.551. The summed E-state index contributed by atoms with van der Waals surface area (Å²) in [7, 11) is 3.03. The van der Waals surface area contributed by atoms with Crippen LogP contribution < -0.4 is 9.47 Å². The van der Waals surface area contributed by atoms with E-state index in [-0.39, 0.29) is 23.6 Å². The number of benzene rings is 3. The molecule has 3 aromatic carbocycles. The highest BCUT2D eigenvalue weighted by atomic mass is 16.5. The highest BCUT2D eigenvalue weighted by Gasteiger charge is 2.46. The second kappa shape index (κ2) is 9.70. The molecule has 1 saturated heterocycles. The standard InChI is InChI=1S/C27H25NO6/c1-33-21-13-10-19(16-22(21)34-2)24-23(25(30)18-6-4-3-5-7-18)26(31)27(32)28(24)15-14-17-8-11-20(29)12-9-17/h3-13,16,24,29-30H,14-15H2,1-2H3/b25-23+. The third-order valence-electron chi connectivity index (χ3n) is 5.89. The molecular weight excluding hydrogens is 434 g/mol. The molecule has 0 bridgehead atoms. The van der Waals surface area contributed by atoms with Crippen molar-refractivity contribution in [2.75, 3.05) is 20.8 Å². The molecule has 7 heteroatoms. The van der Waals surface area contributed by atoms with Crippen LogP contribution in [-0.2, 0) is 16.0 Å². The maximum atomic E-state index is 13.1. The van der Waals surface area contributed by atoms with Crippen LogP contribution in [-0.4, -0.2) is 47.6 Å². The first-order valence-electron chi connectivity index (χ1n) is 10.8. The first-order valence-corrected chi connectivity index (χ1v) is 10.8. The number of aliphatic hydroxyl groups excluding tert-OH is 1. The average Bonchev–Trinajstić information content (AvgIpc) is 3.13. The molecule has 1 atom stereocenters.